The van der Waals surface area contributed by atoms with Crippen molar-refractivity contribution in [2.45, 2.75) is 31.5 Å². The number of hydrogen-bond donors (Lipinski definition) is 2. The molecule has 19 heavy (non-hydrogen) atoms. The molecule has 0 aromatic carbocycles. The minimum Gasteiger partial charge on any atom is -0.376 e. The molecule has 2 heterocycles. The number of nitrogens with zero attached hydrogens (tertiary/aromatic N) is 2. The van der Waals surface area contributed by atoms with Crippen molar-refractivity contribution in [1.29, 1.82) is 0 Å². The zero-order chi connectivity index (χ0) is 13.6. The predicted octanol–water partition coefficient (Wildman–Crippen LogP) is 0.825. The van der Waals surface area contributed by atoms with Gasteiger partial charge in [0, 0.05) is 30.8 Å². The maximum atomic E-state index is 11.0. The van der Waals surface area contributed by atoms with Gasteiger partial charge in [0.05, 0.1) is 17.1 Å². The van der Waals surface area contributed by atoms with E-state index in [-0.39, 0.29) is 29.7 Å². The number of aryl methyl sites for hydroxylation is 1. The van der Waals surface area contributed by atoms with Crippen molar-refractivity contribution in [2.24, 2.45) is 11.7 Å². The molecular formula is C12H16N4O3. The molecular weight excluding hydrogens is 248 g/mol. The minimum absolute atomic E-state index is 0.0198. The lowest BCUT2D eigenvalue weighted by Gasteiger charge is -2.45. The first-order valence-electron chi connectivity index (χ1n) is 6.32. The molecule has 3 N–H and O–H groups in total. The maximum Gasteiger partial charge on any atom is 0.311 e. The first-order valence-corrected chi connectivity index (χ1v) is 6.32. The van der Waals surface area contributed by atoms with Crippen molar-refractivity contribution in [3.8, 4) is 0 Å². The highest BCUT2D eigenvalue weighted by Gasteiger charge is 2.52. The second-order valence-electron chi connectivity index (χ2n) is 5.17. The van der Waals surface area contributed by atoms with Gasteiger partial charge >= 0.3 is 5.69 Å². The lowest BCUT2D eigenvalue weighted by atomic mass is 9.72. The summed E-state index contributed by atoms with van der Waals surface area (Å²) in [5.74, 6) is 0.631. The highest BCUT2D eigenvalue weighted by atomic mass is 16.6. The van der Waals surface area contributed by atoms with Gasteiger partial charge in [0.25, 0.3) is 0 Å². The number of nitrogens with two attached hydrogens (primary N) is 1. The monoisotopic (exact) mass is 264 g/mol. The Bertz CT molecular complexity index is 522. The molecule has 4 atom stereocenters. The Morgan fingerprint density at radius 1 is 1.63 bits per heavy atom. The predicted molar refractivity (Wildman–Crippen MR) is 68.9 cm³/mol. The number of aromatic nitrogens is 1. The zero-order valence-electron chi connectivity index (χ0n) is 10.6. The largest absolute Gasteiger partial charge is 0.376 e. The van der Waals surface area contributed by atoms with Gasteiger partial charge in [-0.2, -0.15) is 0 Å². The second-order valence-corrected chi connectivity index (χ2v) is 5.17. The van der Waals surface area contributed by atoms with Crippen molar-refractivity contribution < 1.29 is 9.66 Å². The van der Waals surface area contributed by atoms with Gasteiger partial charge in [0.15, 0.2) is 0 Å². The Balaban J connectivity index is 1.82. The van der Waals surface area contributed by atoms with E-state index in [1.165, 1.54) is 6.07 Å². The Kier molecular flexibility index (Phi) is 2.87. The first-order chi connectivity index (χ1) is 9.08. The number of fused-ring (bicyclic) bond motifs is 1. The summed E-state index contributed by atoms with van der Waals surface area (Å²) in [6, 6.07) is 1.38. The molecule has 4 unspecified atom stereocenters. The van der Waals surface area contributed by atoms with Gasteiger partial charge < -0.3 is 15.8 Å². The van der Waals surface area contributed by atoms with Gasteiger partial charge in [-0.15, -0.1) is 0 Å². The molecule has 1 aliphatic carbocycles. The van der Waals surface area contributed by atoms with Crippen LogP contribution < -0.4 is 11.1 Å². The second kappa shape index (κ2) is 4.43. The number of anilines is 1. The summed E-state index contributed by atoms with van der Waals surface area (Å²) in [5, 5.41) is 14.1. The van der Waals surface area contributed by atoms with E-state index < -0.39 is 4.92 Å². The average molecular weight is 264 g/mol. The van der Waals surface area contributed by atoms with Crippen LogP contribution in [0.4, 0.5) is 11.5 Å². The molecule has 1 aromatic heterocycles. The number of pyridine rings is 1. The van der Waals surface area contributed by atoms with Crippen LogP contribution in [0, 0.1) is 23.0 Å². The maximum absolute atomic E-state index is 11.0. The van der Waals surface area contributed by atoms with Crippen LogP contribution in [0.25, 0.3) is 0 Å². The van der Waals surface area contributed by atoms with Gasteiger partial charge in [-0.05, 0) is 18.9 Å². The summed E-state index contributed by atoms with van der Waals surface area (Å²) in [4.78, 5) is 14.7. The average Bonchev–Trinajstić information content (AvgIpc) is 2.81. The van der Waals surface area contributed by atoms with Crippen LogP contribution in [0.2, 0.25) is 0 Å². The quantitative estimate of drug-likeness (QED) is 0.619. The summed E-state index contributed by atoms with van der Waals surface area (Å²) in [7, 11) is 0. The van der Waals surface area contributed by atoms with Gasteiger partial charge in [-0.1, -0.05) is 0 Å². The number of hydrogen-bond acceptors (Lipinski definition) is 6. The van der Waals surface area contributed by atoms with E-state index in [2.05, 4.69) is 10.3 Å². The lowest BCUT2D eigenvalue weighted by molar-refractivity contribution is -0.384. The van der Waals surface area contributed by atoms with Crippen molar-refractivity contribution in [3.63, 3.8) is 0 Å². The van der Waals surface area contributed by atoms with E-state index in [0.717, 1.165) is 12.0 Å². The van der Waals surface area contributed by atoms with Crippen molar-refractivity contribution in [1.82, 2.24) is 4.98 Å². The molecule has 1 aliphatic heterocycles. The number of ether oxygens (including phenoxy) is 1. The first kappa shape index (κ1) is 12.3. The van der Waals surface area contributed by atoms with Crippen LogP contribution in [0.5, 0.6) is 0 Å². The van der Waals surface area contributed by atoms with E-state index in [9.17, 15) is 10.1 Å². The molecule has 2 aliphatic rings. The fourth-order valence-electron chi connectivity index (χ4n) is 2.89. The standard InChI is InChI=1S/C12H16N4O3/c1-6-4-8(16(17)18)12(14-5-6)15-10-9(13)7-2-3-19-11(7)10/h4-5,7,9-11H,2-3,13H2,1H3,(H,14,15). The number of rotatable bonds is 3. The molecule has 0 radical (unpaired) electrons. The highest BCUT2D eigenvalue weighted by Crippen LogP contribution is 2.40. The van der Waals surface area contributed by atoms with Crippen LogP contribution in [0.1, 0.15) is 12.0 Å². The van der Waals surface area contributed by atoms with Crippen LogP contribution in [0.15, 0.2) is 12.3 Å². The van der Waals surface area contributed by atoms with E-state index in [1.807, 2.05) is 0 Å². The molecule has 7 heteroatoms. The topological polar surface area (TPSA) is 103 Å². The normalized spacial score (nSPS) is 32.5. The van der Waals surface area contributed by atoms with Crippen LogP contribution in [-0.4, -0.2) is 34.7 Å². The Hall–Kier alpha value is -1.73. The van der Waals surface area contributed by atoms with Gasteiger partial charge in [-0.25, -0.2) is 4.98 Å². The van der Waals surface area contributed by atoms with Crippen molar-refractivity contribution >= 4 is 11.5 Å². The van der Waals surface area contributed by atoms with Gasteiger partial charge in [-0.3, -0.25) is 10.1 Å². The van der Waals surface area contributed by atoms with Crippen LogP contribution >= 0.6 is 0 Å². The lowest BCUT2D eigenvalue weighted by Crippen LogP contribution is -2.65. The summed E-state index contributed by atoms with van der Waals surface area (Å²) < 4.78 is 5.59. The fourth-order valence-corrected chi connectivity index (χ4v) is 2.89. The molecule has 0 bridgehead atoms. The molecule has 1 saturated carbocycles. The van der Waals surface area contributed by atoms with Gasteiger partial charge in [0.1, 0.15) is 0 Å². The van der Waals surface area contributed by atoms with Crippen LogP contribution in [0.3, 0.4) is 0 Å². The van der Waals surface area contributed by atoms with E-state index in [4.69, 9.17) is 10.5 Å². The molecule has 2 fully saturated rings. The third kappa shape index (κ3) is 1.95. The summed E-state index contributed by atoms with van der Waals surface area (Å²) >= 11 is 0. The molecule has 102 valence electrons. The molecule has 0 spiro atoms. The Morgan fingerprint density at radius 3 is 3.16 bits per heavy atom. The van der Waals surface area contributed by atoms with E-state index in [1.54, 1.807) is 13.1 Å². The Labute approximate surface area is 110 Å². The van der Waals surface area contributed by atoms with Gasteiger partial charge in [0.2, 0.25) is 5.82 Å². The molecule has 3 rings (SSSR count). The highest BCUT2D eigenvalue weighted by molar-refractivity contribution is 5.58. The zero-order valence-corrected chi connectivity index (χ0v) is 10.6. The minimum atomic E-state index is -0.431. The number of nitro groups is 1. The summed E-state index contributed by atoms with van der Waals surface area (Å²) in [6.07, 6.45) is 2.62. The van der Waals surface area contributed by atoms with Crippen LogP contribution in [-0.2, 0) is 4.74 Å². The SMILES string of the molecule is Cc1cnc(NC2C(N)C3CCOC32)c([N+](=O)[O-])c1. The molecule has 1 aromatic rings. The third-order valence-electron chi connectivity index (χ3n) is 3.95. The molecule has 7 nitrogen and oxygen atoms in total. The summed E-state index contributed by atoms with van der Waals surface area (Å²) in [6.45, 7) is 2.49. The van der Waals surface area contributed by atoms with E-state index >= 15 is 0 Å². The number of nitrogens with one attached hydrogen (secondary N) is 1. The van der Waals surface area contributed by atoms with E-state index in [0.29, 0.717) is 12.5 Å². The molecule has 0 amide bonds. The summed E-state index contributed by atoms with van der Waals surface area (Å²) in [5.41, 5.74) is 6.81. The van der Waals surface area contributed by atoms with Crippen molar-refractivity contribution in [3.05, 3.63) is 27.9 Å². The molecule has 1 saturated heterocycles. The Morgan fingerprint density at radius 2 is 2.42 bits per heavy atom. The van der Waals surface area contributed by atoms with Crippen molar-refractivity contribution in [2.75, 3.05) is 11.9 Å². The third-order valence-corrected chi connectivity index (χ3v) is 3.95. The fraction of sp³-hybridized carbons (Fsp3) is 0.583. The smallest absolute Gasteiger partial charge is 0.311 e.